The minimum Gasteiger partial charge on any atom is -0.350 e. The Morgan fingerprint density at radius 1 is 1.06 bits per heavy atom. The van der Waals surface area contributed by atoms with E-state index in [1.165, 1.54) is 9.80 Å². The lowest BCUT2D eigenvalue weighted by atomic mass is 10.1. The van der Waals surface area contributed by atoms with E-state index in [1.807, 2.05) is 63.2 Å². The van der Waals surface area contributed by atoms with Crippen LogP contribution in [0.3, 0.4) is 0 Å². The van der Waals surface area contributed by atoms with Crippen LogP contribution in [0.5, 0.6) is 0 Å². The van der Waals surface area contributed by atoms with Crippen LogP contribution in [-0.4, -0.2) is 40.7 Å². The van der Waals surface area contributed by atoms with E-state index >= 15 is 0 Å². The largest absolute Gasteiger partial charge is 0.350 e. The van der Waals surface area contributed by atoms with E-state index in [-0.39, 0.29) is 30.8 Å². The average Bonchev–Trinajstić information content (AvgIpc) is 3.04. The van der Waals surface area contributed by atoms with Crippen molar-refractivity contribution < 1.29 is 14.4 Å². The Labute approximate surface area is 204 Å². The molecule has 1 heterocycles. The van der Waals surface area contributed by atoms with E-state index in [2.05, 4.69) is 5.32 Å². The summed E-state index contributed by atoms with van der Waals surface area (Å²) in [6.45, 7) is 7.40. The summed E-state index contributed by atoms with van der Waals surface area (Å²) in [5.41, 5.74) is 1.65. The molecule has 0 saturated carbocycles. The molecule has 1 atom stereocenters. The second-order valence-electron chi connectivity index (χ2n) is 9.64. The molecule has 0 aliphatic carbocycles. The van der Waals surface area contributed by atoms with Crippen molar-refractivity contribution in [3.05, 3.63) is 76.8 Å². The highest BCUT2D eigenvalue weighted by atomic mass is 35.5. The maximum atomic E-state index is 13.6. The van der Waals surface area contributed by atoms with Crippen molar-refractivity contribution in [1.82, 2.24) is 10.2 Å². The van der Waals surface area contributed by atoms with Gasteiger partial charge >= 0.3 is 0 Å². The quantitative estimate of drug-likeness (QED) is 0.555. The first-order valence-electron chi connectivity index (χ1n) is 11.2. The van der Waals surface area contributed by atoms with Gasteiger partial charge < -0.3 is 10.2 Å². The molecule has 3 aromatic carbocycles. The molecule has 176 valence electrons. The van der Waals surface area contributed by atoms with Crippen LogP contribution in [0.15, 0.2) is 60.7 Å². The molecule has 1 aliphatic rings. The molecule has 0 bridgehead atoms. The van der Waals surface area contributed by atoms with Crippen molar-refractivity contribution in [2.45, 2.75) is 45.8 Å². The molecule has 0 saturated heterocycles. The fourth-order valence-electron chi connectivity index (χ4n) is 4.25. The third-order valence-electron chi connectivity index (χ3n) is 5.85. The van der Waals surface area contributed by atoms with Crippen LogP contribution in [0.2, 0.25) is 5.02 Å². The number of carbonyl (C=O) groups excluding carboxylic acids is 3. The third-order valence-corrected chi connectivity index (χ3v) is 6.08. The predicted octanol–water partition coefficient (Wildman–Crippen LogP) is 4.79. The number of hydrogen-bond donors (Lipinski definition) is 1. The maximum absolute atomic E-state index is 13.6. The summed E-state index contributed by atoms with van der Waals surface area (Å²) in [5.74, 6) is -0.801. The average molecular weight is 478 g/mol. The highest BCUT2D eigenvalue weighted by Crippen LogP contribution is 2.37. The standard InChI is InChI=1S/C27H28ClN3O3/c1-17(25(33)29-27(2,3)4)30(15-18-8-5-11-20(28)14-18)23(32)16-31-22-13-7-10-19-9-6-12-21(24(19)22)26(31)34/h5-14,17H,15-16H2,1-4H3,(H,29,33)/t17-/m0/s1. The number of nitrogens with zero attached hydrogens (tertiary/aromatic N) is 2. The van der Waals surface area contributed by atoms with Gasteiger partial charge in [0.1, 0.15) is 12.6 Å². The predicted molar refractivity (Wildman–Crippen MR) is 135 cm³/mol. The van der Waals surface area contributed by atoms with Gasteiger partial charge in [-0.3, -0.25) is 19.3 Å². The zero-order valence-electron chi connectivity index (χ0n) is 19.8. The van der Waals surface area contributed by atoms with Crippen molar-refractivity contribution in [2.75, 3.05) is 11.4 Å². The first-order chi connectivity index (χ1) is 16.0. The molecular weight excluding hydrogens is 450 g/mol. The Morgan fingerprint density at radius 3 is 2.41 bits per heavy atom. The van der Waals surface area contributed by atoms with Crippen LogP contribution < -0.4 is 10.2 Å². The number of anilines is 1. The Hall–Kier alpha value is -3.38. The van der Waals surface area contributed by atoms with E-state index in [4.69, 9.17) is 11.6 Å². The molecule has 7 heteroatoms. The molecule has 4 rings (SSSR count). The zero-order chi connectivity index (χ0) is 24.6. The second-order valence-corrected chi connectivity index (χ2v) is 10.1. The summed E-state index contributed by atoms with van der Waals surface area (Å²) in [5, 5.41) is 5.29. The van der Waals surface area contributed by atoms with Crippen LogP contribution in [-0.2, 0) is 16.1 Å². The van der Waals surface area contributed by atoms with Gasteiger partial charge in [0.2, 0.25) is 11.8 Å². The number of amides is 3. The van der Waals surface area contributed by atoms with Crippen molar-refractivity contribution in [3.63, 3.8) is 0 Å². The summed E-state index contributed by atoms with van der Waals surface area (Å²) < 4.78 is 0. The summed E-state index contributed by atoms with van der Waals surface area (Å²) in [6, 6.07) is 17.7. The SMILES string of the molecule is C[C@@H](C(=O)NC(C)(C)C)N(Cc1cccc(Cl)c1)C(=O)CN1C(=O)c2cccc3cccc1c23. The lowest BCUT2D eigenvalue weighted by Gasteiger charge is -2.32. The molecule has 0 radical (unpaired) electrons. The first kappa shape index (κ1) is 23.8. The van der Waals surface area contributed by atoms with Crippen LogP contribution in [0, 0.1) is 0 Å². The van der Waals surface area contributed by atoms with Gasteiger partial charge in [-0.05, 0) is 62.9 Å². The topological polar surface area (TPSA) is 69.7 Å². The summed E-state index contributed by atoms with van der Waals surface area (Å²) in [6.07, 6.45) is 0. The minimum atomic E-state index is -0.749. The first-order valence-corrected chi connectivity index (χ1v) is 11.6. The molecule has 0 fully saturated rings. The minimum absolute atomic E-state index is 0.166. The molecule has 6 nitrogen and oxygen atoms in total. The van der Waals surface area contributed by atoms with Gasteiger partial charge in [-0.15, -0.1) is 0 Å². The zero-order valence-corrected chi connectivity index (χ0v) is 20.5. The summed E-state index contributed by atoms with van der Waals surface area (Å²) in [4.78, 5) is 42.8. The Bertz CT molecular complexity index is 1280. The van der Waals surface area contributed by atoms with Gasteiger partial charge in [0.25, 0.3) is 5.91 Å². The van der Waals surface area contributed by atoms with Gasteiger partial charge in [-0.25, -0.2) is 0 Å². The highest BCUT2D eigenvalue weighted by Gasteiger charge is 2.34. The van der Waals surface area contributed by atoms with E-state index in [0.717, 1.165) is 16.3 Å². The van der Waals surface area contributed by atoms with Crippen molar-refractivity contribution in [3.8, 4) is 0 Å². The Kier molecular flexibility index (Phi) is 6.36. The van der Waals surface area contributed by atoms with Crippen LogP contribution in [0.1, 0.15) is 43.6 Å². The second kappa shape index (κ2) is 9.11. The van der Waals surface area contributed by atoms with E-state index < -0.39 is 11.6 Å². The van der Waals surface area contributed by atoms with E-state index in [1.54, 1.807) is 25.1 Å². The number of nitrogens with one attached hydrogen (secondary N) is 1. The molecule has 0 unspecified atom stereocenters. The number of carbonyl (C=O) groups is 3. The van der Waals surface area contributed by atoms with Crippen LogP contribution >= 0.6 is 11.6 Å². The van der Waals surface area contributed by atoms with Gasteiger partial charge in [-0.1, -0.05) is 48.0 Å². The number of benzene rings is 3. The number of rotatable bonds is 6. The maximum Gasteiger partial charge on any atom is 0.259 e. The Morgan fingerprint density at radius 2 is 1.74 bits per heavy atom. The fraction of sp³-hybridized carbons (Fsp3) is 0.296. The molecule has 1 N–H and O–H groups in total. The van der Waals surface area contributed by atoms with Gasteiger partial charge in [-0.2, -0.15) is 0 Å². The summed E-state index contributed by atoms with van der Waals surface area (Å²) in [7, 11) is 0. The van der Waals surface area contributed by atoms with Gasteiger partial charge in [0.05, 0.1) is 5.69 Å². The van der Waals surface area contributed by atoms with Crippen molar-refractivity contribution in [2.24, 2.45) is 0 Å². The van der Waals surface area contributed by atoms with Crippen LogP contribution in [0.25, 0.3) is 10.8 Å². The lowest BCUT2D eigenvalue weighted by Crippen LogP contribution is -2.54. The van der Waals surface area contributed by atoms with Crippen molar-refractivity contribution in [1.29, 1.82) is 0 Å². The molecule has 34 heavy (non-hydrogen) atoms. The van der Waals surface area contributed by atoms with Gasteiger partial charge in [0, 0.05) is 28.1 Å². The molecule has 0 aromatic heterocycles. The number of hydrogen-bond acceptors (Lipinski definition) is 3. The third kappa shape index (κ3) is 4.77. The number of halogens is 1. The smallest absolute Gasteiger partial charge is 0.259 e. The lowest BCUT2D eigenvalue weighted by molar-refractivity contribution is -0.140. The fourth-order valence-corrected chi connectivity index (χ4v) is 4.46. The molecular formula is C27H28ClN3O3. The van der Waals surface area contributed by atoms with E-state index in [0.29, 0.717) is 16.3 Å². The highest BCUT2D eigenvalue weighted by molar-refractivity contribution is 6.30. The van der Waals surface area contributed by atoms with Crippen LogP contribution in [0.4, 0.5) is 5.69 Å². The molecule has 1 aliphatic heterocycles. The monoisotopic (exact) mass is 477 g/mol. The molecule has 0 spiro atoms. The normalized spacial score (nSPS) is 13.8. The van der Waals surface area contributed by atoms with Crippen molar-refractivity contribution >= 4 is 45.8 Å². The Balaban J connectivity index is 1.63. The molecule has 3 amide bonds. The van der Waals surface area contributed by atoms with Gasteiger partial charge in [0.15, 0.2) is 0 Å². The summed E-state index contributed by atoms with van der Waals surface area (Å²) >= 11 is 6.15. The molecule has 3 aromatic rings. The van der Waals surface area contributed by atoms with E-state index in [9.17, 15) is 14.4 Å².